The summed E-state index contributed by atoms with van der Waals surface area (Å²) in [6.07, 6.45) is 0.374. The van der Waals surface area contributed by atoms with Crippen molar-refractivity contribution in [3.05, 3.63) is 93.9 Å². The number of carboxylic acids is 1. The van der Waals surface area contributed by atoms with Crippen molar-refractivity contribution in [2.45, 2.75) is 27.2 Å². The molecule has 31 heavy (non-hydrogen) atoms. The number of fused-ring (bicyclic) bond motifs is 1. The average molecular weight is 419 g/mol. The molecule has 1 heterocycles. The smallest absolute Gasteiger partial charge is 0.356 e. The standard InChI is InChI=1S/C25H22FNO4/c1-14-10-15(2)23-16(3)24(25(29)30)27(21(23)11-14)31-20-8-9-22(28)18(13-20)12-17-4-6-19(26)7-5-17/h4-11,13,28H,12H2,1-3H3,(H,29,30). The number of carboxylic acid groups (broad SMARTS) is 1. The highest BCUT2D eigenvalue weighted by atomic mass is 19.1. The minimum Gasteiger partial charge on any atom is -0.508 e. The molecule has 158 valence electrons. The van der Waals surface area contributed by atoms with Gasteiger partial charge < -0.3 is 15.1 Å². The van der Waals surface area contributed by atoms with Gasteiger partial charge in [-0.15, -0.1) is 0 Å². The fourth-order valence-electron chi connectivity index (χ4n) is 4.01. The van der Waals surface area contributed by atoms with E-state index in [-0.39, 0.29) is 17.3 Å². The highest BCUT2D eigenvalue weighted by Crippen LogP contribution is 2.32. The SMILES string of the molecule is Cc1cc(C)c2c(C)c(C(=O)O)n(Oc3ccc(O)c(Cc4ccc(F)cc4)c3)c2c1. The van der Waals surface area contributed by atoms with Crippen LogP contribution in [-0.2, 0) is 6.42 Å². The Morgan fingerprint density at radius 1 is 1.03 bits per heavy atom. The van der Waals surface area contributed by atoms with Gasteiger partial charge in [-0.2, -0.15) is 4.73 Å². The van der Waals surface area contributed by atoms with E-state index in [1.165, 1.54) is 22.9 Å². The van der Waals surface area contributed by atoms with E-state index < -0.39 is 5.97 Å². The maximum Gasteiger partial charge on any atom is 0.356 e. The van der Waals surface area contributed by atoms with Crippen molar-refractivity contribution in [2.75, 3.05) is 0 Å². The predicted molar refractivity (Wildman–Crippen MR) is 116 cm³/mol. The van der Waals surface area contributed by atoms with Gasteiger partial charge in [0.05, 0.1) is 5.52 Å². The lowest BCUT2D eigenvalue weighted by Gasteiger charge is -2.13. The summed E-state index contributed by atoms with van der Waals surface area (Å²) in [6, 6.07) is 14.7. The number of nitrogens with zero attached hydrogens (tertiary/aromatic N) is 1. The zero-order valence-corrected chi connectivity index (χ0v) is 17.4. The van der Waals surface area contributed by atoms with Crippen LogP contribution in [0.5, 0.6) is 11.5 Å². The number of carbonyl (C=O) groups is 1. The number of phenolic OH excluding ortho intramolecular Hbond substituents is 1. The molecule has 0 saturated heterocycles. The molecule has 6 heteroatoms. The first-order valence-corrected chi connectivity index (χ1v) is 9.85. The van der Waals surface area contributed by atoms with Crippen LogP contribution in [-0.4, -0.2) is 20.9 Å². The second-order valence-corrected chi connectivity index (χ2v) is 7.73. The number of aryl methyl sites for hydroxylation is 3. The molecule has 0 aliphatic heterocycles. The Morgan fingerprint density at radius 3 is 2.42 bits per heavy atom. The number of rotatable bonds is 5. The van der Waals surface area contributed by atoms with Crippen molar-refractivity contribution in [3.63, 3.8) is 0 Å². The van der Waals surface area contributed by atoms with Crippen molar-refractivity contribution in [1.82, 2.24) is 4.73 Å². The third kappa shape index (κ3) is 3.84. The summed E-state index contributed by atoms with van der Waals surface area (Å²) >= 11 is 0. The highest BCUT2D eigenvalue weighted by Gasteiger charge is 2.23. The average Bonchev–Trinajstić information content (AvgIpc) is 2.98. The molecule has 4 aromatic rings. The molecule has 0 spiro atoms. The molecule has 0 aliphatic carbocycles. The topological polar surface area (TPSA) is 71.7 Å². The fraction of sp³-hybridized carbons (Fsp3) is 0.160. The quantitative estimate of drug-likeness (QED) is 0.445. The van der Waals surface area contributed by atoms with Crippen LogP contribution in [0.4, 0.5) is 4.39 Å². The summed E-state index contributed by atoms with van der Waals surface area (Å²) in [6.45, 7) is 5.66. The molecule has 2 N–H and O–H groups in total. The summed E-state index contributed by atoms with van der Waals surface area (Å²) in [5.41, 5.74) is 4.73. The first-order chi connectivity index (χ1) is 14.7. The van der Waals surface area contributed by atoms with Gasteiger partial charge in [0.1, 0.15) is 11.6 Å². The predicted octanol–water partition coefficient (Wildman–Crippen LogP) is 5.54. The molecule has 0 bridgehead atoms. The molecule has 0 saturated carbocycles. The normalized spacial score (nSPS) is 11.1. The fourth-order valence-corrected chi connectivity index (χ4v) is 4.01. The third-order valence-corrected chi connectivity index (χ3v) is 5.37. The number of benzene rings is 3. The molecule has 0 atom stereocenters. The van der Waals surface area contributed by atoms with E-state index in [0.717, 1.165) is 22.1 Å². The second kappa shape index (κ2) is 7.80. The number of aromatic carboxylic acids is 1. The van der Waals surface area contributed by atoms with Gasteiger partial charge in [-0.25, -0.2) is 9.18 Å². The van der Waals surface area contributed by atoms with Crippen LogP contribution in [0.2, 0.25) is 0 Å². The number of aromatic hydroxyl groups is 1. The summed E-state index contributed by atoms with van der Waals surface area (Å²) < 4.78 is 14.5. The Bertz CT molecular complexity index is 1310. The second-order valence-electron chi connectivity index (χ2n) is 7.73. The third-order valence-electron chi connectivity index (χ3n) is 5.37. The minimum atomic E-state index is -1.09. The Labute approximate surface area is 178 Å². The van der Waals surface area contributed by atoms with Gasteiger partial charge in [-0.05, 0) is 79.4 Å². The maximum absolute atomic E-state index is 13.2. The number of phenols is 1. The Morgan fingerprint density at radius 2 is 1.74 bits per heavy atom. The summed E-state index contributed by atoms with van der Waals surface area (Å²) in [5, 5.41) is 20.9. The van der Waals surface area contributed by atoms with Crippen molar-refractivity contribution < 1.29 is 24.2 Å². The van der Waals surface area contributed by atoms with Gasteiger partial charge in [-0.1, -0.05) is 18.2 Å². The number of halogens is 1. The number of hydrogen-bond donors (Lipinski definition) is 2. The zero-order valence-electron chi connectivity index (χ0n) is 17.4. The van der Waals surface area contributed by atoms with Gasteiger partial charge in [0.2, 0.25) is 0 Å². The van der Waals surface area contributed by atoms with E-state index in [0.29, 0.717) is 28.8 Å². The van der Waals surface area contributed by atoms with E-state index >= 15 is 0 Å². The lowest BCUT2D eigenvalue weighted by Crippen LogP contribution is -2.14. The van der Waals surface area contributed by atoms with E-state index in [4.69, 9.17) is 4.84 Å². The van der Waals surface area contributed by atoms with Gasteiger partial charge >= 0.3 is 5.97 Å². The maximum atomic E-state index is 13.2. The largest absolute Gasteiger partial charge is 0.508 e. The zero-order chi connectivity index (χ0) is 22.3. The van der Waals surface area contributed by atoms with Crippen molar-refractivity contribution >= 4 is 16.9 Å². The van der Waals surface area contributed by atoms with E-state index in [2.05, 4.69) is 0 Å². The van der Waals surface area contributed by atoms with Gasteiger partial charge in [0.15, 0.2) is 11.4 Å². The van der Waals surface area contributed by atoms with Crippen LogP contribution in [0.15, 0.2) is 54.6 Å². The van der Waals surface area contributed by atoms with E-state index in [1.54, 1.807) is 31.2 Å². The van der Waals surface area contributed by atoms with Crippen LogP contribution in [0.25, 0.3) is 10.9 Å². The molecule has 0 unspecified atom stereocenters. The molecule has 0 radical (unpaired) electrons. The van der Waals surface area contributed by atoms with E-state index in [1.807, 2.05) is 26.0 Å². The van der Waals surface area contributed by atoms with Crippen LogP contribution in [0.1, 0.15) is 38.3 Å². The van der Waals surface area contributed by atoms with Crippen LogP contribution >= 0.6 is 0 Å². The first-order valence-electron chi connectivity index (χ1n) is 9.85. The molecular formula is C25H22FNO4. The highest BCUT2D eigenvalue weighted by molar-refractivity contribution is 5.99. The molecule has 3 aromatic carbocycles. The van der Waals surface area contributed by atoms with Crippen molar-refractivity contribution in [3.8, 4) is 11.5 Å². The van der Waals surface area contributed by atoms with Crippen LogP contribution in [0, 0.1) is 26.6 Å². The lowest BCUT2D eigenvalue weighted by molar-refractivity contribution is 0.0658. The van der Waals surface area contributed by atoms with Crippen LogP contribution < -0.4 is 4.84 Å². The first kappa shape index (κ1) is 20.5. The summed E-state index contributed by atoms with van der Waals surface area (Å²) in [5.74, 6) is -0.952. The summed E-state index contributed by atoms with van der Waals surface area (Å²) in [4.78, 5) is 18.0. The van der Waals surface area contributed by atoms with Gasteiger partial charge in [0, 0.05) is 17.4 Å². The van der Waals surface area contributed by atoms with Gasteiger partial charge in [-0.3, -0.25) is 0 Å². The van der Waals surface area contributed by atoms with E-state index in [9.17, 15) is 19.4 Å². The Hall–Kier alpha value is -3.80. The van der Waals surface area contributed by atoms with Crippen molar-refractivity contribution in [2.24, 2.45) is 0 Å². The Kier molecular flexibility index (Phi) is 5.15. The molecule has 0 aliphatic rings. The molecule has 5 nitrogen and oxygen atoms in total. The van der Waals surface area contributed by atoms with Crippen molar-refractivity contribution in [1.29, 1.82) is 0 Å². The lowest BCUT2D eigenvalue weighted by atomic mass is 10.0. The molecule has 4 rings (SSSR count). The van der Waals surface area contributed by atoms with Gasteiger partial charge in [0.25, 0.3) is 0 Å². The number of hydrogen-bond acceptors (Lipinski definition) is 3. The monoisotopic (exact) mass is 419 g/mol. The molecule has 0 amide bonds. The minimum absolute atomic E-state index is 0.0526. The Balaban J connectivity index is 1.78. The molecule has 1 aromatic heterocycles. The summed E-state index contributed by atoms with van der Waals surface area (Å²) in [7, 11) is 0. The number of aromatic nitrogens is 1. The molecular weight excluding hydrogens is 397 g/mol. The van der Waals surface area contributed by atoms with Crippen LogP contribution in [0.3, 0.4) is 0 Å². The molecule has 0 fully saturated rings.